The molecule has 2 saturated carbocycles. The molecule has 2 N–H and O–H groups in total. The molecule has 1 saturated heterocycles. The molecule has 3 nitrogen and oxygen atoms in total. The Kier molecular flexibility index (Phi) is 5.05. The normalized spacial score (nSPS) is 37.4. The summed E-state index contributed by atoms with van der Waals surface area (Å²) < 4.78 is 0. The van der Waals surface area contributed by atoms with E-state index in [1.807, 2.05) is 0 Å². The Morgan fingerprint density at radius 3 is 2.76 bits per heavy atom. The first-order chi connectivity index (χ1) is 10.1. The molecule has 0 aromatic carbocycles. The zero-order valence-corrected chi connectivity index (χ0v) is 14.4. The number of thiocarbonyl (C=S) groups is 1. The molecule has 3 aliphatic rings. The van der Waals surface area contributed by atoms with Crippen molar-refractivity contribution in [2.24, 2.45) is 11.8 Å². The van der Waals surface area contributed by atoms with E-state index in [1.54, 1.807) is 0 Å². The van der Waals surface area contributed by atoms with Crippen LogP contribution in [0.1, 0.15) is 58.8 Å². The number of hydrogen-bond acceptors (Lipinski definition) is 2. The molecule has 3 fully saturated rings. The zero-order valence-electron chi connectivity index (χ0n) is 13.6. The largest absolute Gasteiger partial charge is 0.361 e. The van der Waals surface area contributed by atoms with Gasteiger partial charge in [0.05, 0.1) is 0 Å². The van der Waals surface area contributed by atoms with Gasteiger partial charge < -0.3 is 10.6 Å². The lowest BCUT2D eigenvalue weighted by atomic mass is 9.95. The van der Waals surface area contributed by atoms with E-state index in [4.69, 9.17) is 12.2 Å². The Morgan fingerprint density at radius 1 is 1.24 bits per heavy atom. The van der Waals surface area contributed by atoms with E-state index in [9.17, 15) is 0 Å². The van der Waals surface area contributed by atoms with Gasteiger partial charge in [0.15, 0.2) is 5.11 Å². The summed E-state index contributed by atoms with van der Waals surface area (Å²) in [6, 6.07) is 1.94. The van der Waals surface area contributed by atoms with Gasteiger partial charge in [0.2, 0.25) is 0 Å². The Morgan fingerprint density at radius 2 is 2.10 bits per heavy atom. The molecule has 0 spiro atoms. The quantitative estimate of drug-likeness (QED) is 0.781. The number of hydrogen-bond donors (Lipinski definition) is 2. The van der Waals surface area contributed by atoms with Gasteiger partial charge in [-0.25, -0.2) is 0 Å². The van der Waals surface area contributed by atoms with Crippen molar-refractivity contribution in [1.29, 1.82) is 0 Å². The van der Waals surface area contributed by atoms with Crippen LogP contribution in [0.25, 0.3) is 0 Å². The van der Waals surface area contributed by atoms with Gasteiger partial charge in [-0.2, -0.15) is 0 Å². The van der Waals surface area contributed by atoms with E-state index < -0.39 is 0 Å². The summed E-state index contributed by atoms with van der Waals surface area (Å²) in [5, 5.41) is 7.93. The third kappa shape index (κ3) is 3.70. The van der Waals surface area contributed by atoms with Crippen LogP contribution in [0.5, 0.6) is 0 Å². The van der Waals surface area contributed by atoms with Crippen LogP contribution in [-0.4, -0.2) is 41.2 Å². The fraction of sp³-hybridized carbons (Fsp3) is 0.941. The molecule has 120 valence electrons. The van der Waals surface area contributed by atoms with Crippen LogP contribution >= 0.6 is 12.2 Å². The van der Waals surface area contributed by atoms with Crippen LogP contribution in [0.2, 0.25) is 0 Å². The van der Waals surface area contributed by atoms with E-state index in [-0.39, 0.29) is 0 Å². The van der Waals surface area contributed by atoms with Crippen LogP contribution < -0.4 is 10.6 Å². The van der Waals surface area contributed by atoms with Gasteiger partial charge in [-0.05, 0) is 76.6 Å². The summed E-state index contributed by atoms with van der Waals surface area (Å²) in [5.41, 5.74) is 0. The fourth-order valence-electron chi connectivity index (χ4n) is 4.77. The summed E-state index contributed by atoms with van der Waals surface area (Å²) in [7, 11) is 0. The van der Waals surface area contributed by atoms with Crippen molar-refractivity contribution in [2.75, 3.05) is 13.1 Å². The van der Waals surface area contributed by atoms with E-state index in [2.05, 4.69) is 29.4 Å². The van der Waals surface area contributed by atoms with Crippen LogP contribution in [0.3, 0.4) is 0 Å². The van der Waals surface area contributed by atoms with E-state index in [0.717, 1.165) is 29.5 Å². The van der Waals surface area contributed by atoms with E-state index in [0.29, 0.717) is 12.1 Å². The molecule has 21 heavy (non-hydrogen) atoms. The summed E-state index contributed by atoms with van der Waals surface area (Å²) in [5.74, 6) is 1.86. The first-order valence-corrected chi connectivity index (χ1v) is 9.34. The highest BCUT2D eigenvalue weighted by Gasteiger charge is 2.39. The number of nitrogens with zero attached hydrogens (tertiary/aromatic N) is 1. The third-order valence-electron chi connectivity index (χ3n) is 6.03. The maximum Gasteiger partial charge on any atom is 0.166 e. The summed E-state index contributed by atoms with van der Waals surface area (Å²) in [4.78, 5) is 2.64. The van der Waals surface area contributed by atoms with Gasteiger partial charge in [0.25, 0.3) is 0 Å². The van der Waals surface area contributed by atoms with Gasteiger partial charge in [-0.1, -0.05) is 12.8 Å². The Hall–Kier alpha value is -0.350. The molecule has 5 atom stereocenters. The third-order valence-corrected chi connectivity index (χ3v) is 6.30. The molecule has 2 bridgehead atoms. The van der Waals surface area contributed by atoms with Crippen molar-refractivity contribution >= 4 is 17.3 Å². The maximum absolute atomic E-state index is 5.51. The summed E-state index contributed by atoms with van der Waals surface area (Å²) in [6.45, 7) is 6.91. The average molecular weight is 310 g/mol. The summed E-state index contributed by atoms with van der Waals surface area (Å²) in [6.07, 6.45) is 9.72. The lowest BCUT2D eigenvalue weighted by Gasteiger charge is -2.38. The molecule has 4 heteroatoms. The monoisotopic (exact) mass is 309 g/mol. The molecule has 0 aromatic rings. The Labute approximate surface area is 135 Å². The molecule has 3 rings (SSSR count). The minimum absolute atomic E-state index is 0.570. The summed E-state index contributed by atoms with van der Waals surface area (Å²) >= 11 is 5.51. The SMILES string of the molecule is CC1CCCCN1C(C)CNC(=S)NC1CC2CCC1C2. The molecular formula is C17H31N3S. The van der Waals surface area contributed by atoms with Gasteiger partial charge in [-0.15, -0.1) is 0 Å². The molecule has 0 amide bonds. The minimum atomic E-state index is 0.570. The van der Waals surface area contributed by atoms with Gasteiger partial charge in [0.1, 0.15) is 0 Å². The first kappa shape index (κ1) is 15.5. The standard InChI is InChI=1S/C17H31N3S/c1-12-5-3-4-8-20(12)13(2)11-18-17(21)19-16-10-14-6-7-15(16)9-14/h12-16H,3-11H2,1-2H3,(H2,18,19,21). The van der Waals surface area contributed by atoms with Crippen molar-refractivity contribution in [3.63, 3.8) is 0 Å². The Balaban J connectivity index is 1.39. The highest BCUT2D eigenvalue weighted by molar-refractivity contribution is 7.80. The predicted molar refractivity (Wildman–Crippen MR) is 92.5 cm³/mol. The molecule has 1 heterocycles. The smallest absolute Gasteiger partial charge is 0.166 e. The van der Waals surface area contributed by atoms with Crippen molar-refractivity contribution in [3.05, 3.63) is 0 Å². The number of likely N-dealkylation sites (tertiary alicyclic amines) is 1. The number of nitrogens with one attached hydrogen (secondary N) is 2. The van der Waals surface area contributed by atoms with Crippen molar-refractivity contribution in [2.45, 2.75) is 76.9 Å². The van der Waals surface area contributed by atoms with Crippen molar-refractivity contribution in [1.82, 2.24) is 15.5 Å². The second-order valence-corrected chi connectivity index (χ2v) is 7.98. The molecule has 2 aliphatic carbocycles. The van der Waals surface area contributed by atoms with Gasteiger partial charge in [0, 0.05) is 24.7 Å². The lowest BCUT2D eigenvalue weighted by Crippen LogP contribution is -2.51. The van der Waals surface area contributed by atoms with Gasteiger partial charge >= 0.3 is 0 Å². The zero-order chi connectivity index (χ0) is 14.8. The number of rotatable bonds is 4. The molecule has 0 aromatic heterocycles. The first-order valence-electron chi connectivity index (χ1n) is 8.93. The average Bonchev–Trinajstić information content (AvgIpc) is 3.08. The van der Waals surface area contributed by atoms with E-state index in [1.165, 1.54) is 51.5 Å². The highest BCUT2D eigenvalue weighted by atomic mass is 32.1. The van der Waals surface area contributed by atoms with Crippen molar-refractivity contribution in [3.8, 4) is 0 Å². The maximum atomic E-state index is 5.51. The Bertz CT molecular complexity index is 373. The molecule has 5 unspecified atom stereocenters. The fourth-order valence-corrected chi connectivity index (χ4v) is 5.01. The van der Waals surface area contributed by atoms with Crippen molar-refractivity contribution < 1.29 is 0 Å². The number of fused-ring (bicyclic) bond motifs is 2. The van der Waals surface area contributed by atoms with Crippen LogP contribution in [0, 0.1) is 11.8 Å². The number of piperidine rings is 1. The molecule has 1 aliphatic heterocycles. The topological polar surface area (TPSA) is 27.3 Å². The predicted octanol–water partition coefficient (Wildman–Crippen LogP) is 2.90. The molecule has 0 radical (unpaired) electrons. The van der Waals surface area contributed by atoms with E-state index >= 15 is 0 Å². The second-order valence-electron chi connectivity index (χ2n) is 7.57. The minimum Gasteiger partial charge on any atom is -0.361 e. The molecular weight excluding hydrogens is 278 g/mol. The lowest BCUT2D eigenvalue weighted by molar-refractivity contribution is 0.116. The van der Waals surface area contributed by atoms with Crippen LogP contribution in [0.4, 0.5) is 0 Å². The van der Waals surface area contributed by atoms with Gasteiger partial charge in [-0.3, -0.25) is 4.90 Å². The van der Waals surface area contributed by atoms with Crippen LogP contribution in [-0.2, 0) is 0 Å². The second kappa shape index (κ2) is 6.82. The van der Waals surface area contributed by atoms with Crippen LogP contribution in [0.15, 0.2) is 0 Å². The highest BCUT2D eigenvalue weighted by Crippen LogP contribution is 2.44.